The highest BCUT2D eigenvalue weighted by molar-refractivity contribution is 8.93. The van der Waals surface area contributed by atoms with Gasteiger partial charge < -0.3 is 4.57 Å². The Bertz CT molecular complexity index is 1170. The first kappa shape index (κ1) is 23.1. The molecule has 0 saturated heterocycles. The summed E-state index contributed by atoms with van der Waals surface area (Å²) in [6.07, 6.45) is 0. The molecule has 1 aromatic heterocycles. The third kappa shape index (κ3) is 4.69. The van der Waals surface area contributed by atoms with Crippen molar-refractivity contribution in [3.63, 3.8) is 0 Å². The molecular weight excluding hydrogens is 505 g/mol. The van der Waals surface area contributed by atoms with E-state index in [-0.39, 0.29) is 21.9 Å². The van der Waals surface area contributed by atoms with E-state index in [0.29, 0.717) is 21.3 Å². The van der Waals surface area contributed by atoms with Crippen LogP contribution in [0.4, 0.5) is 5.69 Å². The van der Waals surface area contributed by atoms with Crippen molar-refractivity contribution in [3.8, 4) is 11.3 Å². The normalized spacial score (nSPS) is 12.3. The number of rotatable bonds is 4. The average Bonchev–Trinajstić information content (AvgIpc) is 2.97. The Morgan fingerprint density at radius 2 is 1.79 bits per heavy atom. The van der Waals surface area contributed by atoms with Crippen LogP contribution in [0.15, 0.2) is 57.7 Å². The van der Waals surface area contributed by atoms with Crippen molar-refractivity contribution in [3.05, 3.63) is 62.7 Å². The van der Waals surface area contributed by atoms with Gasteiger partial charge in [0.15, 0.2) is 4.80 Å². The molecule has 0 unspecified atom stereocenters. The molecular formula is C18H18BrCl2N3O2S2. The van der Waals surface area contributed by atoms with Gasteiger partial charge in [-0.05, 0) is 30.3 Å². The molecule has 0 spiro atoms. The van der Waals surface area contributed by atoms with Gasteiger partial charge in [0.1, 0.15) is 0 Å². The van der Waals surface area contributed by atoms with Crippen LogP contribution in [0.1, 0.15) is 0 Å². The van der Waals surface area contributed by atoms with Crippen LogP contribution < -0.4 is 4.80 Å². The lowest BCUT2D eigenvalue weighted by molar-refractivity contribution is 0.521. The lowest BCUT2D eigenvalue weighted by Crippen LogP contribution is -2.22. The molecule has 0 aliphatic carbocycles. The molecule has 0 N–H and O–H groups in total. The molecule has 10 heteroatoms. The van der Waals surface area contributed by atoms with Crippen LogP contribution in [-0.4, -0.2) is 31.4 Å². The minimum Gasteiger partial charge on any atom is -0.320 e. The number of benzene rings is 2. The topological polar surface area (TPSA) is 54.7 Å². The van der Waals surface area contributed by atoms with E-state index in [1.165, 1.54) is 31.5 Å². The highest BCUT2D eigenvalue weighted by Gasteiger charge is 2.19. The largest absolute Gasteiger partial charge is 0.320 e. The smallest absolute Gasteiger partial charge is 0.242 e. The molecule has 0 saturated carbocycles. The van der Waals surface area contributed by atoms with Crippen molar-refractivity contribution in [1.82, 2.24) is 8.87 Å². The third-order valence-corrected chi connectivity index (χ3v) is 7.19. The van der Waals surface area contributed by atoms with Gasteiger partial charge in [0.2, 0.25) is 10.0 Å². The molecule has 0 bridgehead atoms. The molecule has 3 aromatic rings. The zero-order valence-electron chi connectivity index (χ0n) is 15.3. The van der Waals surface area contributed by atoms with Gasteiger partial charge in [-0.3, -0.25) is 0 Å². The summed E-state index contributed by atoms with van der Waals surface area (Å²) in [5, 5.41) is 2.83. The van der Waals surface area contributed by atoms with E-state index < -0.39 is 10.0 Å². The predicted molar refractivity (Wildman–Crippen MR) is 122 cm³/mol. The van der Waals surface area contributed by atoms with E-state index in [2.05, 4.69) is 4.99 Å². The van der Waals surface area contributed by atoms with Crippen LogP contribution in [0, 0.1) is 0 Å². The SMILES string of the molecule is Br.CN(C)S(=O)(=O)c1cc(Cl)cc(-c2cs/c(=N/c3ccccc3Cl)n2C)c1. The Labute approximate surface area is 188 Å². The summed E-state index contributed by atoms with van der Waals surface area (Å²) in [4.78, 5) is 5.47. The lowest BCUT2D eigenvalue weighted by atomic mass is 10.2. The number of para-hydroxylation sites is 1. The molecule has 150 valence electrons. The molecule has 0 aliphatic rings. The van der Waals surface area contributed by atoms with E-state index in [1.807, 2.05) is 35.2 Å². The van der Waals surface area contributed by atoms with E-state index in [9.17, 15) is 8.42 Å². The molecule has 0 radical (unpaired) electrons. The number of halogens is 3. The second-order valence-electron chi connectivity index (χ2n) is 5.99. The fourth-order valence-corrected chi connectivity index (χ4v) is 4.82. The first-order valence-corrected chi connectivity index (χ1v) is 10.9. The number of sulfonamides is 1. The lowest BCUT2D eigenvalue weighted by Gasteiger charge is -2.13. The summed E-state index contributed by atoms with van der Waals surface area (Å²) in [7, 11) is 1.25. The quantitative estimate of drug-likeness (QED) is 0.477. The van der Waals surface area contributed by atoms with Crippen molar-refractivity contribution in [2.75, 3.05) is 14.1 Å². The Kier molecular flexibility index (Phi) is 7.52. The first-order valence-electron chi connectivity index (χ1n) is 7.87. The van der Waals surface area contributed by atoms with Crippen LogP contribution >= 0.6 is 51.5 Å². The highest BCUT2D eigenvalue weighted by atomic mass is 79.9. The van der Waals surface area contributed by atoms with Crippen LogP contribution in [0.25, 0.3) is 11.3 Å². The van der Waals surface area contributed by atoms with E-state index in [0.717, 1.165) is 14.8 Å². The van der Waals surface area contributed by atoms with Crippen LogP contribution in [-0.2, 0) is 17.1 Å². The first-order chi connectivity index (χ1) is 12.7. The van der Waals surface area contributed by atoms with Gasteiger partial charge in [-0.2, -0.15) is 0 Å². The van der Waals surface area contributed by atoms with Crippen LogP contribution in [0.5, 0.6) is 0 Å². The van der Waals surface area contributed by atoms with E-state index in [1.54, 1.807) is 18.2 Å². The zero-order chi connectivity index (χ0) is 19.8. The van der Waals surface area contributed by atoms with Crippen molar-refractivity contribution in [2.45, 2.75) is 4.90 Å². The summed E-state index contributed by atoms with van der Waals surface area (Å²) in [6, 6.07) is 12.1. The Balaban J connectivity index is 0.00000280. The van der Waals surface area contributed by atoms with Gasteiger partial charge in [-0.15, -0.1) is 28.3 Å². The molecule has 3 rings (SSSR count). The van der Waals surface area contributed by atoms with Crippen LogP contribution in [0.2, 0.25) is 10.0 Å². The van der Waals surface area contributed by atoms with E-state index in [4.69, 9.17) is 23.2 Å². The van der Waals surface area contributed by atoms with Gasteiger partial charge in [0.05, 0.1) is 21.3 Å². The molecule has 1 heterocycles. The maximum absolute atomic E-state index is 12.5. The Morgan fingerprint density at radius 3 is 2.43 bits per heavy atom. The summed E-state index contributed by atoms with van der Waals surface area (Å²) in [6.45, 7) is 0. The Morgan fingerprint density at radius 1 is 1.11 bits per heavy atom. The van der Waals surface area contributed by atoms with Crippen molar-refractivity contribution in [2.24, 2.45) is 12.0 Å². The van der Waals surface area contributed by atoms with Gasteiger partial charge in [-0.25, -0.2) is 17.7 Å². The van der Waals surface area contributed by atoms with Gasteiger partial charge in [0.25, 0.3) is 0 Å². The summed E-state index contributed by atoms with van der Waals surface area (Å²) < 4.78 is 28.0. The minimum absolute atomic E-state index is 0. The average molecular weight is 523 g/mol. The molecule has 2 aromatic carbocycles. The number of aromatic nitrogens is 1. The monoisotopic (exact) mass is 521 g/mol. The van der Waals surface area contributed by atoms with Crippen molar-refractivity contribution < 1.29 is 8.42 Å². The zero-order valence-corrected chi connectivity index (χ0v) is 20.1. The fourth-order valence-electron chi connectivity index (χ4n) is 2.45. The standard InChI is InChI=1S/C18H17Cl2N3O2S2.BrH/c1-22(2)27(24,25)14-9-12(8-13(19)10-14)17-11-26-18(23(17)3)21-16-7-5-4-6-15(16)20;/h4-11H,1-3H3;1H/b21-18+;. The third-order valence-electron chi connectivity index (χ3n) is 3.94. The molecule has 0 amide bonds. The van der Waals surface area contributed by atoms with Crippen LogP contribution in [0.3, 0.4) is 0 Å². The number of nitrogens with zero attached hydrogens (tertiary/aromatic N) is 3. The summed E-state index contributed by atoms with van der Waals surface area (Å²) in [5.74, 6) is 0. The molecule has 0 fully saturated rings. The minimum atomic E-state index is -3.59. The molecule has 0 aliphatic heterocycles. The predicted octanol–water partition coefficient (Wildman–Crippen LogP) is 5.12. The van der Waals surface area contributed by atoms with Crippen molar-refractivity contribution in [1.29, 1.82) is 0 Å². The van der Waals surface area contributed by atoms with Gasteiger partial charge in [0, 0.05) is 37.1 Å². The maximum Gasteiger partial charge on any atom is 0.242 e. The molecule has 5 nitrogen and oxygen atoms in total. The highest BCUT2D eigenvalue weighted by Crippen LogP contribution is 2.29. The number of hydrogen-bond donors (Lipinski definition) is 0. The second kappa shape index (κ2) is 9.11. The molecule has 0 atom stereocenters. The van der Waals surface area contributed by atoms with E-state index >= 15 is 0 Å². The second-order valence-corrected chi connectivity index (χ2v) is 9.82. The van der Waals surface area contributed by atoms with Crippen molar-refractivity contribution >= 4 is 67.2 Å². The fraction of sp³-hybridized carbons (Fsp3) is 0.167. The summed E-state index contributed by atoms with van der Waals surface area (Å²) in [5.41, 5.74) is 2.18. The summed E-state index contributed by atoms with van der Waals surface area (Å²) >= 11 is 13.8. The molecule has 28 heavy (non-hydrogen) atoms. The Hall–Kier alpha value is -1.16. The number of thiazole rings is 1. The number of hydrogen-bond acceptors (Lipinski definition) is 4. The van der Waals surface area contributed by atoms with Gasteiger partial charge >= 0.3 is 0 Å². The maximum atomic E-state index is 12.5. The van der Waals surface area contributed by atoms with Gasteiger partial charge in [-0.1, -0.05) is 35.3 Å².